The Morgan fingerprint density at radius 2 is 1.98 bits per heavy atom. The van der Waals surface area contributed by atoms with Crippen LogP contribution < -0.4 is 15.6 Å². The summed E-state index contributed by atoms with van der Waals surface area (Å²) in [4.78, 5) is 38.6. The van der Waals surface area contributed by atoms with Gasteiger partial charge >= 0.3 is 5.97 Å². The molecule has 0 amide bonds. The molecule has 9 nitrogen and oxygen atoms in total. The Labute approximate surface area is 241 Å². The Bertz CT molecular complexity index is 1820. The van der Waals surface area contributed by atoms with Crippen LogP contribution in [0.1, 0.15) is 34.5 Å². The van der Waals surface area contributed by atoms with Crippen molar-refractivity contribution in [2.75, 3.05) is 51.0 Å². The predicted octanol–water partition coefficient (Wildman–Crippen LogP) is 4.36. The Morgan fingerprint density at radius 3 is 2.69 bits per heavy atom. The fourth-order valence-corrected chi connectivity index (χ4v) is 6.57. The van der Waals surface area contributed by atoms with Gasteiger partial charge in [-0.05, 0) is 44.5 Å². The molecule has 4 heterocycles. The summed E-state index contributed by atoms with van der Waals surface area (Å²) < 4.78 is 32.1. The van der Waals surface area contributed by atoms with E-state index in [1.54, 1.807) is 32.6 Å². The molecule has 6 rings (SSSR count). The second-order valence-electron chi connectivity index (χ2n) is 11.4. The van der Waals surface area contributed by atoms with Gasteiger partial charge < -0.3 is 24.8 Å². The summed E-state index contributed by atoms with van der Waals surface area (Å²) in [5.74, 6) is -2.82. The van der Waals surface area contributed by atoms with E-state index in [1.807, 2.05) is 14.1 Å². The minimum Gasteiger partial charge on any atom is -0.477 e. The van der Waals surface area contributed by atoms with E-state index >= 15 is 4.39 Å². The van der Waals surface area contributed by atoms with Crippen LogP contribution in [0.15, 0.2) is 35.5 Å². The van der Waals surface area contributed by atoms with E-state index in [0.29, 0.717) is 64.7 Å². The van der Waals surface area contributed by atoms with Gasteiger partial charge in [-0.2, -0.15) is 0 Å². The minimum atomic E-state index is -1.32. The molecule has 1 aliphatic carbocycles. The molecule has 1 unspecified atom stereocenters. The molecule has 2 aliphatic rings. The van der Waals surface area contributed by atoms with Crippen molar-refractivity contribution in [2.45, 2.75) is 19.3 Å². The van der Waals surface area contributed by atoms with Crippen LogP contribution in [0.4, 0.5) is 20.2 Å². The summed E-state index contributed by atoms with van der Waals surface area (Å²) in [6, 6.07) is 2.81. The summed E-state index contributed by atoms with van der Waals surface area (Å²) in [5.41, 5.74) is 3.79. The summed E-state index contributed by atoms with van der Waals surface area (Å²) in [6.45, 7) is 2.30. The van der Waals surface area contributed by atoms with E-state index in [4.69, 9.17) is 4.98 Å². The van der Waals surface area contributed by atoms with Gasteiger partial charge in [0.2, 0.25) is 5.43 Å². The van der Waals surface area contributed by atoms with Crippen LogP contribution in [0, 0.1) is 17.6 Å². The number of aromatic nitrogens is 3. The highest BCUT2D eigenvalue weighted by molar-refractivity contribution is 5.98. The first-order chi connectivity index (χ1) is 20.1. The fraction of sp³-hybridized carbons (Fsp3) is 0.355. The van der Waals surface area contributed by atoms with E-state index in [0.717, 1.165) is 25.1 Å². The number of hydrogen-bond donors (Lipinski definition) is 2. The maximum atomic E-state index is 15.7. The van der Waals surface area contributed by atoms with Crippen molar-refractivity contribution in [3.8, 4) is 22.3 Å². The molecule has 11 heteroatoms. The normalized spacial score (nSPS) is 16.2. The van der Waals surface area contributed by atoms with Crippen molar-refractivity contribution in [1.82, 2.24) is 19.4 Å². The lowest BCUT2D eigenvalue weighted by Crippen LogP contribution is -2.40. The highest BCUT2D eigenvalue weighted by atomic mass is 19.2. The third kappa shape index (κ3) is 4.48. The van der Waals surface area contributed by atoms with Gasteiger partial charge in [-0.25, -0.2) is 18.6 Å². The SMILES string of the molecule is CNc1cc(F)c(F)c2c1Cc1ncc(-c3cnc4c(c3)c(=O)c(C(=O)O)cn4C)c(N3CCCC(CN(C)C)C3)c1-2. The van der Waals surface area contributed by atoms with Crippen LogP contribution >= 0.6 is 0 Å². The third-order valence-electron chi connectivity index (χ3n) is 8.33. The topological polar surface area (TPSA) is 104 Å². The van der Waals surface area contributed by atoms with Crippen molar-refractivity contribution in [1.29, 1.82) is 0 Å². The first kappa shape index (κ1) is 27.8. The van der Waals surface area contributed by atoms with Gasteiger partial charge in [0.1, 0.15) is 11.2 Å². The largest absolute Gasteiger partial charge is 0.477 e. The molecule has 0 bridgehead atoms. The van der Waals surface area contributed by atoms with Crippen molar-refractivity contribution < 1.29 is 18.7 Å². The molecule has 3 aromatic heterocycles. The number of anilines is 2. The second kappa shape index (κ2) is 10.5. The Hall–Kier alpha value is -4.38. The van der Waals surface area contributed by atoms with Crippen LogP contribution in [0.5, 0.6) is 0 Å². The van der Waals surface area contributed by atoms with Gasteiger partial charge in [0.25, 0.3) is 0 Å². The lowest BCUT2D eigenvalue weighted by atomic mass is 9.92. The average molecular weight is 575 g/mol. The summed E-state index contributed by atoms with van der Waals surface area (Å²) in [7, 11) is 7.39. The Balaban J connectivity index is 1.62. The zero-order valence-corrected chi connectivity index (χ0v) is 24.0. The fourth-order valence-electron chi connectivity index (χ4n) is 6.57. The Morgan fingerprint density at radius 1 is 1.19 bits per heavy atom. The van der Waals surface area contributed by atoms with Crippen molar-refractivity contribution in [3.63, 3.8) is 0 Å². The van der Waals surface area contributed by atoms with Crippen LogP contribution in [0.25, 0.3) is 33.3 Å². The number of aromatic carboxylic acids is 1. The standard InChI is InChI=1S/C31H32F2N6O3/c1-34-23-10-22(32)27(33)25-18(23)9-24-26(25)28(39-7-5-6-16(14-39)13-37(2)3)20(12-35-24)17-8-19-29(40)21(31(41)42)15-38(4)30(19)36-11-17/h8,10-12,15-16,34H,5-7,9,13-14H2,1-4H3,(H,41,42). The quantitative estimate of drug-likeness (QED) is 0.308. The molecule has 0 saturated carbocycles. The van der Waals surface area contributed by atoms with Crippen molar-refractivity contribution >= 4 is 28.4 Å². The first-order valence-electron chi connectivity index (χ1n) is 13.9. The lowest BCUT2D eigenvalue weighted by Gasteiger charge is -2.37. The number of hydrogen-bond acceptors (Lipinski definition) is 7. The molecule has 1 fully saturated rings. The number of piperidine rings is 1. The molecule has 0 spiro atoms. The van der Waals surface area contributed by atoms with E-state index in [-0.39, 0.29) is 16.5 Å². The number of carboxylic acid groups (broad SMARTS) is 1. The molecule has 0 radical (unpaired) electrons. The van der Waals surface area contributed by atoms with E-state index < -0.39 is 23.0 Å². The molecular formula is C31H32F2N6O3. The molecule has 1 atom stereocenters. The smallest absolute Gasteiger partial charge is 0.341 e. The van der Waals surface area contributed by atoms with E-state index in [9.17, 15) is 19.1 Å². The van der Waals surface area contributed by atoms with Gasteiger partial charge in [-0.1, -0.05) is 0 Å². The van der Waals surface area contributed by atoms with Crippen LogP contribution in [0.2, 0.25) is 0 Å². The molecule has 42 heavy (non-hydrogen) atoms. The number of pyridine rings is 3. The van der Waals surface area contributed by atoms with E-state index in [2.05, 4.69) is 20.1 Å². The van der Waals surface area contributed by atoms with Gasteiger partial charge in [0.05, 0.1) is 16.8 Å². The number of halogens is 2. The lowest BCUT2D eigenvalue weighted by molar-refractivity contribution is 0.0695. The summed E-state index contributed by atoms with van der Waals surface area (Å²) >= 11 is 0. The van der Waals surface area contributed by atoms with Crippen LogP contribution in [-0.2, 0) is 13.5 Å². The van der Waals surface area contributed by atoms with Crippen LogP contribution in [0.3, 0.4) is 0 Å². The number of nitrogens with one attached hydrogen (secondary N) is 1. The number of benzene rings is 1. The number of carbonyl (C=O) groups is 1. The molecule has 4 aromatic rings. The minimum absolute atomic E-state index is 0.153. The highest BCUT2D eigenvalue weighted by Crippen LogP contribution is 2.50. The maximum Gasteiger partial charge on any atom is 0.341 e. The summed E-state index contributed by atoms with van der Waals surface area (Å²) in [6.07, 6.45) is 6.90. The van der Waals surface area contributed by atoms with Gasteiger partial charge in [-0.3, -0.25) is 9.78 Å². The Kier molecular flexibility index (Phi) is 6.92. The average Bonchev–Trinajstić information content (AvgIpc) is 3.35. The highest BCUT2D eigenvalue weighted by Gasteiger charge is 2.35. The van der Waals surface area contributed by atoms with Gasteiger partial charge in [-0.15, -0.1) is 0 Å². The van der Waals surface area contributed by atoms with Crippen LogP contribution in [-0.4, -0.2) is 71.3 Å². The molecule has 1 aromatic carbocycles. The number of nitrogens with zero attached hydrogens (tertiary/aromatic N) is 5. The molecule has 218 valence electrons. The number of aryl methyl sites for hydroxylation is 1. The zero-order chi connectivity index (χ0) is 29.9. The number of carboxylic acids is 1. The third-order valence-corrected chi connectivity index (χ3v) is 8.33. The molecule has 1 aliphatic heterocycles. The van der Waals surface area contributed by atoms with Gasteiger partial charge in [0, 0.05) is 92.7 Å². The molecule has 1 saturated heterocycles. The predicted molar refractivity (Wildman–Crippen MR) is 158 cm³/mol. The first-order valence-corrected chi connectivity index (χ1v) is 13.9. The van der Waals surface area contributed by atoms with Crippen molar-refractivity contribution in [3.05, 3.63) is 69.4 Å². The van der Waals surface area contributed by atoms with Gasteiger partial charge in [0.15, 0.2) is 11.6 Å². The molecule has 2 N–H and O–H groups in total. The summed E-state index contributed by atoms with van der Waals surface area (Å²) in [5, 5.41) is 12.8. The van der Waals surface area contributed by atoms with E-state index in [1.165, 1.54) is 16.8 Å². The monoisotopic (exact) mass is 574 g/mol. The zero-order valence-electron chi connectivity index (χ0n) is 24.0. The van der Waals surface area contributed by atoms with Crippen molar-refractivity contribution in [2.24, 2.45) is 13.0 Å². The number of fused-ring (bicyclic) bond motifs is 4. The number of rotatable bonds is 6. The molecular weight excluding hydrogens is 542 g/mol. The second-order valence-corrected chi connectivity index (χ2v) is 11.4. The maximum absolute atomic E-state index is 15.7.